The van der Waals surface area contributed by atoms with Crippen LogP contribution in [0.25, 0.3) is 0 Å². The standard InChI is InChI=1S/C13H19F3N4O/c1-9(2)20-12(17-3)18-6-7-21-11-5-4-10(8-19-11)13(14,15)16/h4-5,8-9H,6-7H2,1-3H3,(H2,17,18,20). The van der Waals surface area contributed by atoms with Gasteiger partial charge >= 0.3 is 6.18 Å². The van der Waals surface area contributed by atoms with Crippen molar-refractivity contribution < 1.29 is 17.9 Å². The Balaban J connectivity index is 2.36. The number of hydrogen-bond acceptors (Lipinski definition) is 3. The lowest BCUT2D eigenvalue weighted by Gasteiger charge is -2.14. The second-order valence-electron chi connectivity index (χ2n) is 4.53. The minimum absolute atomic E-state index is 0.150. The Bertz CT molecular complexity index is 457. The highest BCUT2D eigenvalue weighted by molar-refractivity contribution is 5.79. The smallest absolute Gasteiger partial charge is 0.417 e. The Hall–Kier alpha value is -1.99. The summed E-state index contributed by atoms with van der Waals surface area (Å²) in [5.41, 5.74) is -0.797. The second kappa shape index (κ2) is 7.70. The molecule has 1 heterocycles. The lowest BCUT2D eigenvalue weighted by Crippen LogP contribution is -2.42. The van der Waals surface area contributed by atoms with Crippen LogP contribution in [0.5, 0.6) is 5.88 Å². The Morgan fingerprint density at radius 3 is 2.57 bits per heavy atom. The van der Waals surface area contributed by atoms with Gasteiger partial charge in [-0.3, -0.25) is 4.99 Å². The molecule has 0 saturated heterocycles. The molecule has 1 aromatic rings. The van der Waals surface area contributed by atoms with Crippen molar-refractivity contribution in [2.45, 2.75) is 26.1 Å². The van der Waals surface area contributed by atoms with Crippen LogP contribution in [0.4, 0.5) is 13.2 Å². The first-order valence-electron chi connectivity index (χ1n) is 6.46. The number of aromatic nitrogens is 1. The highest BCUT2D eigenvalue weighted by atomic mass is 19.4. The number of hydrogen-bond donors (Lipinski definition) is 2. The number of rotatable bonds is 5. The fraction of sp³-hybridized carbons (Fsp3) is 0.538. The number of nitrogens with zero attached hydrogens (tertiary/aromatic N) is 2. The predicted molar refractivity (Wildman–Crippen MR) is 74.4 cm³/mol. The summed E-state index contributed by atoms with van der Waals surface area (Å²) in [6, 6.07) is 2.38. The van der Waals surface area contributed by atoms with Crippen LogP contribution in [0.15, 0.2) is 23.3 Å². The molecule has 1 rings (SSSR count). The van der Waals surface area contributed by atoms with Crippen molar-refractivity contribution in [1.29, 1.82) is 0 Å². The van der Waals surface area contributed by atoms with Gasteiger partial charge in [0.1, 0.15) is 6.61 Å². The molecule has 2 N–H and O–H groups in total. The SMILES string of the molecule is CN=C(NCCOc1ccc(C(F)(F)F)cn1)NC(C)C. The molecular formula is C13H19F3N4O. The molecule has 0 fully saturated rings. The highest BCUT2D eigenvalue weighted by Crippen LogP contribution is 2.29. The van der Waals surface area contributed by atoms with Crippen LogP contribution in [0.3, 0.4) is 0 Å². The average molecular weight is 304 g/mol. The zero-order valence-corrected chi connectivity index (χ0v) is 12.2. The van der Waals surface area contributed by atoms with Crippen molar-refractivity contribution in [2.24, 2.45) is 4.99 Å². The lowest BCUT2D eigenvalue weighted by molar-refractivity contribution is -0.137. The van der Waals surface area contributed by atoms with Gasteiger partial charge in [-0.15, -0.1) is 0 Å². The molecule has 0 spiro atoms. The van der Waals surface area contributed by atoms with Gasteiger partial charge in [0.25, 0.3) is 0 Å². The third-order valence-corrected chi connectivity index (χ3v) is 2.36. The molecule has 0 radical (unpaired) electrons. The Morgan fingerprint density at radius 2 is 2.10 bits per heavy atom. The van der Waals surface area contributed by atoms with Gasteiger partial charge in [-0.25, -0.2) is 4.98 Å². The minimum Gasteiger partial charge on any atom is -0.476 e. The van der Waals surface area contributed by atoms with E-state index in [0.717, 1.165) is 12.3 Å². The number of guanidine groups is 1. The molecule has 0 aliphatic rings. The summed E-state index contributed by atoms with van der Waals surface area (Å²) in [4.78, 5) is 7.62. The molecule has 0 aliphatic carbocycles. The van der Waals surface area contributed by atoms with Crippen LogP contribution in [0.1, 0.15) is 19.4 Å². The summed E-state index contributed by atoms with van der Waals surface area (Å²) in [7, 11) is 1.65. The number of nitrogens with one attached hydrogen (secondary N) is 2. The van der Waals surface area contributed by atoms with Gasteiger partial charge in [0.05, 0.1) is 12.1 Å². The maximum Gasteiger partial charge on any atom is 0.417 e. The van der Waals surface area contributed by atoms with Crippen molar-refractivity contribution in [2.75, 3.05) is 20.2 Å². The first-order chi connectivity index (χ1) is 9.82. The Labute approximate surface area is 121 Å². The Morgan fingerprint density at radius 1 is 1.38 bits per heavy atom. The number of halogens is 3. The predicted octanol–water partition coefficient (Wildman–Crippen LogP) is 2.05. The van der Waals surface area contributed by atoms with Gasteiger partial charge in [0.2, 0.25) is 5.88 Å². The van der Waals surface area contributed by atoms with E-state index < -0.39 is 11.7 Å². The third kappa shape index (κ3) is 6.33. The van der Waals surface area contributed by atoms with Crippen molar-refractivity contribution in [3.63, 3.8) is 0 Å². The summed E-state index contributed by atoms with van der Waals surface area (Å²) < 4.78 is 42.3. The van der Waals surface area contributed by atoms with E-state index in [1.54, 1.807) is 7.05 Å². The fourth-order valence-corrected chi connectivity index (χ4v) is 1.43. The van der Waals surface area contributed by atoms with E-state index in [1.165, 1.54) is 6.07 Å². The van der Waals surface area contributed by atoms with E-state index in [2.05, 4.69) is 20.6 Å². The summed E-state index contributed by atoms with van der Waals surface area (Å²) >= 11 is 0. The third-order valence-electron chi connectivity index (χ3n) is 2.36. The molecule has 0 saturated carbocycles. The molecule has 0 atom stereocenters. The molecule has 1 aromatic heterocycles. The Kier molecular flexibility index (Phi) is 6.26. The fourth-order valence-electron chi connectivity index (χ4n) is 1.43. The number of aliphatic imine (C=N–C) groups is 1. The van der Waals surface area contributed by atoms with Crippen LogP contribution in [0, 0.1) is 0 Å². The summed E-state index contributed by atoms with van der Waals surface area (Å²) in [6.45, 7) is 4.68. The van der Waals surface area contributed by atoms with E-state index >= 15 is 0 Å². The van der Waals surface area contributed by atoms with Crippen LogP contribution >= 0.6 is 0 Å². The van der Waals surface area contributed by atoms with Crippen molar-refractivity contribution in [1.82, 2.24) is 15.6 Å². The van der Waals surface area contributed by atoms with Gasteiger partial charge in [-0.2, -0.15) is 13.2 Å². The average Bonchev–Trinajstić information content (AvgIpc) is 2.41. The summed E-state index contributed by atoms with van der Waals surface area (Å²) in [5, 5.41) is 6.11. The first kappa shape index (κ1) is 17.1. The van der Waals surface area contributed by atoms with Crippen LogP contribution in [-0.4, -0.2) is 37.2 Å². The number of pyridine rings is 1. The molecule has 8 heteroatoms. The quantitative estimate of drug-likeness (QED) is 0.496. The van der Waals surface area contributed by atoms with E-state index in [1.807, 2.05) is 13.8 Å². The maximum atomic E-state index is 12.3. The molecule has 0 aliphatic heterocycles. The van der Waals surface area contributed by atoms with E-state index in [4.69, 9.17) is 4.74 Å². The molecule has 0 amide bonds. The molecule has 0 aromatic carbocycles. The lowest BCUT2D eigenvalue weighted by atomic mass is 10.3. The molecule has 118 valence electrons. The molecular weight excluding hydrogens is 285 g/mol. The second-order valence-corrected chi connectivity index (χ2v) is 4.53. The van der Waals surface area contributed by atoms with Crippen LogP contribution in [0.2, 0.25) is 0 Å². The van der Waals surface area contributed by atoms with Crippen molar-refractivity contribution in [3.8, 4) is 5.88 Å². The van der Waals surface area contributed by atoms with Crippen molar-refractivity contribution >= 4 is 5.96 Å². The van der Waals surface area contributed by atoms with E-state index in [0.29, 0.717) is 12.5 Å². The zero-order chi connectivity index (χ0) is 15.9. The van der Waals surface area contributed by atoms with E-state index in [9.17, 15) is 13.2 Å². The van der Waals surface area contributed by atoms with Gasteiger partial charge in [0, 0.05) is 25.4 Å². The zero-order valence-electron chi connectivity index (χ0n) is 12.2. The van der Waals surface area contributed by atoms with Crippen LogP contribution < -0.4 is 15.4 Å². The topological polar surface area (TPSA) is 58.5 Å². The van der Waals surface area contributed by atoms with Crippen LogP contribution in [-0.2, 0) is 6.18 Å². The summed E-state index contributed by atoms with van der Waals surface area (Å²) in [5.74, 6) is 0.783. The molecule has 0 bridgehead atoms. The van der Waals surface area contributed by atoms with E-state index in [-0.39, 0.29) is 18.5 Å². The van der Waals surface area contributed by atoms with Crippen molar-refractivity contribution in [3.05, 3.63) is 23.9 Å². The highest BCUT2D eigenvalue weighted by Gasteiger charge is 2.30. The van der Waals surface area contributed by atoms with Gasteiger partial charge in [-0.1, -0.05) is 0 Å². The molecule has 0 unspecified atom stereocenters. The number of ether oxygens (including phenoxy) is 1. The molecule has 5 nitrogen and oxygen atoms in total. The number of alkyl halides is 3. The molecule has 21 heavy (non-hydrogen) atoms. The first-order valence-corrected chi connectivity index (χ1v) is 6.46. The van der Waals surface area contributed by atoms with Gasteiger partial charge < -0.3 is 15.4 Å². The maximum absolute atomic E-state index is 12.3. The largest absolute Gasteiger partial charge is 0.476 e. The summed E-state index contributed by atoms with van der Waals surface area (Å²) in [6.07, 6.45) is -3.63. The van der Waals surface area contributed by atoms with Gasteiger partial charge in [-0.05, 0) is 19.9 Å². The minimum atomic E-state index is -4.39. The normalized spacial score (nSPS) is 12.4. The monoisotopic (exact) mass is 304 g/mol. The van der Waals surface area contributed by atoms with Gasteiger partial charge in [0.15, 0.2) is 5.96 Å².